The first-order valence-electron chi connectivity index (χ1n) is 5.21. The number of rotatable bonds is 5. The summed E-state index contributed by atoms with van der Waals surface area (Å²) in [6, 6.07) is 7.67. The highest BCUT2D eigenvalue weighted by Crippen LogP contribution is 2.27. The molecule has 0 radical (unpaired) electrons. The fourth-order valence-electron chi connectivity index (χ4n) is 1.26. The van der Waals surface area contributed by atoms with Gasteiger partial charge >= 0.3 is 0 Å². The average Bonchev–Trinajstić information content (AvgIpc) is 2.96. The van der Waals surface area contributed by atoms with Gasteiger partial charge in [-0.05, 0) is 26.0 Å². The molecular formula is C12H16O3. The van der Waals surface area contributed by atoms with E-state index in [9.17, 15) is 0 Å². The summed E-state index contributed by atoms with van der Waals surface area (Å²) < 4.78 is 16.2. The Kier molecular flexibility index (Phi) is 2.82. The largest absolute Gasteiger partial charge is 0.494 e. The van der Waals surface area contributed by atoms with Crippen molar-refractivity contribution in [1.29, 1.82) is 0 Å². The lowest BCUT2D eigenvalue weighted by Crippen LogP contribution is -2.16. The molecule has 0 N–H and O–H groups in total. The predicted octanol–water partition coefficient (Wildman–Crippen LogP) is 2.25. The van der Waals surface area contributed by atoms with Crippen molar-refractivity contribution in [2.45, 2.75) is 19.4 Å². The van der Waals surface area contributed by atoms with Crippen LogP contribution in [0, 0.1) is 0 Å². The molecule has 1 aromatic rings. The van der Waals surface area contributed by atoms with Crippen LogP contribution in [0.5, 0.6) is 11.5 Å². The van der Waals surface area contributed by atoms with Gasteiger partial charge in [0, 0.05) is 6.07 Å². The molecule has 2 rings (SSSR count). The van der Waals surface area contributed by atoms with Crippen LogP contribution in [0.2, 0.25) is 0 Å². The Morgan fingerprint density at radius 2 is 2.00 bits per heavy atom. The molecule has 1 unspecified atom stereocenters. The van der Waals surface area contributed by atoms with Crippen LogP contribution in [0.3, 0.4) is 0 Å². The van der Waals surface area contributed by atoms with Crippen LogP contribution in [-0.4, -0.2) is 25.4 Å². The zero-order valence-electron chi connectivity index (χ0n) is 9.16. The highest BCUT2D eigenvalue weighted by Gasteiger charge is 2.40. The van der Waals surface area contributed by atoms with Crippen LogP contribution in [0.25, 0.3) is 0 Å². The number of epoxide rings is 1. The van der Waals surface area contributed by atoms with Gasteiger partial charge in [-0.25, -0.2) is 0 Å². The van der Waals surface area contributed by atoms with E-state index >= 15 is 0 Å². The van der Waals surface area contributed by atoms with Crippen LogP contribution in [-0.2, 0) is 4.74 Å². The van der Waals surface area contributed by atoms with Gasteiger partial charge in [0.05, 0.1) is 13.2 Å². The first-order valence-corrected chi connectivity index (χ1v) is 5.21. The van der Waals surface area contributed by atoms with E-state index in [4.69, 9.17) is 14.2 Å². The van der Waals surface area contributed by atoms with Crippen molar-refractivity contribution in [2.75, 3.05) is 19.8 Å². The van der Waals surface area contributed by atoms with Gasteiger partial charge in [0.15, 0.2) is 0 Å². The van der Waals surface area contributed by atoms with Crippen LogP contribution < -0.4 is 9.47 Å². The van der Waals surface area contributed by atoms with Gasteiger partial charge < -0.3 is 14.2 Å². The quantitative estimate of drug-likeness (QED) is 0.695. The molecule has 82 valence electrons. The number of ether oxygens (including phenoxy) is 3. The molecule has 1 aliphatic rings. The van der Waals surface area contributed by atoms with Crippen molar-refractivity contribution in [3.05, 3.63) is 24.3 Å². The maximum atomic E-state index is 5.61. The lowest BCUT2D eigenvalue weighted by Gasteiger charge is -2.10. The number of hydrogen-bond donors (Lipinski definition) is 0. The Morgan fingerprint density at radius 1 is 1.33 bits per heavy atom. The van der Waals surface area contributed by atoms with E-state index in [1.165, 1.54) is 0 Å². The highest BCUT2D eigenvalue weighted by molar-refractivity contribution is 5.33. The molecule has 15 heavy (non-hydrogen) atoms. The van der Waals surface area contributed by atoms with Crippen molar-refractivity contribution in [3.8, 4) is 11.5 Å². The fraction of sp³-hybridized carbons (Fsp3) is 0.500. The molecule has 0 spiro atoms. The molecule has 3 heteroatoms. The monoisotopic (exact) mass is 208 g/mol. The number of benzene rings is 1. The van der Waals surface area contributed by atoms with Crippen molar-refractivity contribution in [2.24, 2.45) is 0 Å². The summed E-state index contributed by atoms with van der Waals surface area (Å²) in [5.74, 6) is 1.68. The van der Waals surface area contributed by atoms with Gasteiger partial charge in [-0.3, -0.25) is 0 Å². The molecule has 3 nitrogen and oxygen atoms in total. The van der Waals surface area contributed by atoms with Crippen LogP contribution in [0.1, 0.15) is 13.8 Å². The van der Waals surface area contributed by atoms with Gasteiger partial charge in [0.2, 0.25) is 0 Å². The van der Waals surface area contributed by atoms with Crippen LogP contribution in [0.4, 0.5) is 0 Å². The lowest BCUT2D eigenvalue weighted by atomic mass is 10.2. The highest BCUT2D eigenvalue weighted by atomic mass is 16.6. The average molecular weight is 208 g/mol. The molecule has 1 heterocycles. The van der Waals surface area contributed by atoms with E-state index in [0.29, 0.717) is 13.2 Å². The fourth-order valence-corrected chi connectivity index (χ4v) is 1.26. The van der Waals surface area contributed by atoms with Crippen molar-refractivity contribution in [3.63, 3.8) is 0 Å². The number of hydrogen-bond acceptors (Lipinski definition) is 3. The molecule has 0 aromatic heterocycles. The van der Waals surface area contributed by atoms with E-state index in [-0.39, 0.29) is 5.60 Å². The third-order valence-electron chi connectivity index (χ3n) is 2.30. The molecule has 1 aromatic carbocycles. The first kappa shape index (κ1) is 10.3. The second kappa shape index (κ2) is 4.11. The normalized spacial score (nSPS) is 23.6. The Labute approximate surface area is 90.0 Å². The third-order valence-corrected chi connectivity index (χ3v) is 2.30. The van der Waals surface area contributed by atoms with E-state index in [1.54, 1.807) is 0 Å². The molecule has 0 amide bonds. The second-order valence-corrected chi connectivity index (χ2v) is 3.94. The molecule has 0 saturated carbocycles. The SMILES string of the molecule is CCOc1cccc(OCC2(C)CO2)c1. The van der Waals surface area contributed by atoms with Gasteiger partial charge in [-0.2, -0.15) is 0 Å². The zero-order chi connectivity index (χ0) is 10.7. The summed E-state index contributed by atoms with van der Waals surface area (Å²) in [7, 11) is 0. The summed E-state index contributed by atoms with van der Waals surface area (Å²) in [4.78, 5) is 0. The molecule has 0 bridgehead atoms. The molecule has 0 aliphatic carbocycles. The molecule has 1 atom stereocenters. The standard InChI is InChI=1S/C12H16O3/c1-3-13-10-5-4-6-11(7-10)14-8-12(2)9-15-12/h4-7H,3,8-9H2,1-2H3. The first-order chi connectivity index (χ1) is 7.22. The van der Waals surface area contributed by atoms with Gasteiger partial charge in [-0.1, -0.05) is 6.07 Å². The Balaban J connectivity index is 1.92. The molecule has 1 fully saturated rings. The van der Waals surface area contributed by atoms with Gasteiger partial charge in [0.1, 0.15) is 23.7 Å². The molecular weight excluding hydrogens is 192 g/mol. The summed E-state index contributed by atoms with van der Waals surface area (Å²) in [5, 5.41) is 0. The van der Waals surface area contributed by atoms with Crippen LogP contribution >= 0.6 is 0 Å². The van der Waals surface area contributed by atoms with E-state index < -0.39 is 0 Å². The Bertz CT molecular complexity index is 331. The Hall–Kier alpha value is -1.22. The topological polar surface area (TPSA) is 31.0 Å². The smallest absolute Gasteiger partial charge is 0.123 e. The summed E-state index contributed by atoms with van der Waals surface area (Å²) in [6.07, 6.45) is 0. The van der Waals surface area contributed by atoms with Gasteiger partial charge in [0.25, 0.3) is 0 Å². The van der Waals surface area contributed by atoms with Crippen molar-refractivity contribution < 1.29 is 14.2 Å². The third kappa shape index (κ3) is 2.86. The predicted molar refractivity (Wildman–Crippen MR) is 57.5 cm³/mol. The summed E-state index contributed by atoms with van der Waals surface area (Å²) >= 11 is 0. The molecule has 1 aliphatic heterocycles. The molecule has 1 saturated heterocycles. The summed E-state index contributed by atoms with van der Waals surface area (Å²) in [6.45, 7) is 6.07. The summed E-state index contributed by atoms with van der Waals surface area (Å²) in [5.41, 5.74) is -0.0678. The minimum absolute atomic E-state index is 0.0678. The van der Waals surface area contributed by atoms with E-state index in [0.717, 1.165) is 18.1 Å². The minimum Gasteiger partial charge on any atom is -0.494 e. The Morgan fingerprint density at radius 3 is 2.60 bits per heavy atom. The second-order valence-electron chi connectivity index (χ2n) is 3.94. The zero-order valence-corrected chi connectivity index (χ0v) is 9.16. The van der Waals surface area contributed by atoms with Crippen molar-refractivity contribution >= 4 is 0 Å². The lowest BCUT2D eigenvalue weighted by molar-refractivity contribution is 0.202. The van der Waals surface area contributed by atoms with Gasteiger partial charge in [-0.15, -0.1) is 0 Å². The maximum Gasteiger partial charge on any atom is 0.123 e. The van der Waals surface area contributed by atoms with E-state index in [2.05, 4.69) is 0 Å². The minimum atomic E-state index is -0.0678. The van der Waals surface area contributed by atoms with Crippen LogP contribution in [0.15, 0.2) is 24.3 Å². The maximum absolute atomic E-state index is 5.61. The van der Waals surface area contributed by atoms with Crippen molar-refractivity contribution in [1.82, 2.24) is 0 Å². The van der Waals surface area contributed by atoms with E-state index in [1.807, 2.05) is 38.1 Å².